The highest BCUT2D eigenvalue weighted by Gasteiger charge is 2.21. The Kier molecular flexibility index (Phi) is 5.46. The van der Waals surface area contributed by atoms with Crippen LogP contribution in [0.1, 0.15) is 32.5 Å². The first kappa shape index (κ1) is 20.7. The number of carbonyl (C=O) groups excluding carboxylic acids is 2. The van der Waals surface area contributed by atoms with E-state index in [1.807, 2.05) is 54.8 Å². The molecule has 0 aliphatic rings. The molecule has 1 amide bonds. The second kappa shape index (κ2) is 8.42. The molecule has 0 radical (unpaired) electrons. The van der Waals surface area contributed by atoms with Crippen LogP contribution in [-0.4, -0.2) is 28.5 Å². The van der Waals surface area contributed by atoms with Crippen molar-refractivity contribution < 1.29 is 14.3 Å². The quantitative estimate of drug-likeness (QED) is 0.296. The lowest BCUT2D eigenvalue weighted by Crippen LogP contribution is -2.12. The van der Waals surface area contributed by atoms with Crippen molar-refractivity contribution >= 4 is 71.5 Å². The first-order valence-electron chi connectivity index (χ1n) is 9.87. The van der Waals surface area contributed by atoms with Gasteiger partial charge in [-0.25, -0.2) is 14.8 Å². The molecule has 32 heavy (non-hydrogen) atoms. The number of anilines is 1. The number of rotatable bonds is 5. The molecule has 0 saturated heterocycles. The number of fused-ring (bicyclic) bond motifs is 2. The van der Waals surface area contributed by atoms with E-state index in [-0.39, 0.29) is 11.9 Å². The number of thiophene rings is 2. The van der Waals surface area contributed by atoms with Crippen LogP contribution in [0, 0.1) is 6.92 Å². The average Bonchev–Trinajstić information content (AvgIpc) is 3.52. The van der Waals surface area contributed by atoms with Gasteiger partial charge in [0.1, 0.15) is 9.71 Å². The lowest BCUT2D eigenvalue weighted by molar-refractivity contribution is 0.0531. The Morgan fingerprint density at radius 2 is 1.94 bits per heavy atom. The molecule has 6 nitrogen and oxygen atoms in total. The number of benzene rings is 1. The molecular weight excluding hydrogens is 462 g/mol. The fraction of sp³-hybridized carbons (Fsp3) is 0.130. The summed E-state index contributed by atoms with van der Waals surface area (Å²) in [7, 11) is 0. The van der Waals surface area contributed by atoms with Crippen molar-refractivity contribution in [2.24, 2.45) is 0 Å². The molecular formula is C23H17N3O3S3. The van der Waals surface area contributed by atoms with Crippen LogP contribution >= 0.6 is 34.0 Å². The van der Waals surface area contributed by atoms with Crippen molar-refractivity contribution in [1.29, 1.82) is 0 Å². The Morgan fingerprint density at radius 3 is 2.69 bits per heavy atom. The summed E-state index contributed by atoms with van der Waals surface area (Å²) in [5, 5.41) is 6.20. The predicted octanol–water partition coefficient (Wildman–Crippen LogP) is 6.37. The molecule has 1 N–H and O–H groups in total. The molecule has 0 saturated carbocycles. The van der Waals surface area contributed by atoms with Crippen LogP contribution in [0.25, 0.3) is 31.0 Å². The Hall–Kier alpha value is -3.14. The van der Waals surface area contributed by atoms with Crippen LogP contribution in [0.5, 0.6) is 0 Å². The van der Waals surface area contributed by atoms with Crippen molar-refractivity contribution in [2.45, 2.75) is 13.8 Å². The third-order valence-corrected chi connectivity index (χ3v) is 8.17. The molecule has 0 fully saturated rings. The topological polar surface area (TPSA) is 81.2 Å². The monoisotopic (exact) mass is 479 g/mol. The lowest BCUT2D eigenvalue weighted by Gasteiger charge is -2.08. The fourth-order valence-corrected chi connectivity index (χ4v) is 6.31. The summed E-state index contributed by atoms with van der Waals surface area (Å²) in [5.41, 5.74) is 2.90. The summed E-state index contributed by atoms with van der Waals surface area (Å²) in [6, 6.07) is 13.4. The number of carbonyl (C=O) groups is 2. The minimum absolute atomic E-state index is 0.244. The van der Waals surface area contributed by atoms with E-state index in [0.717, 1.165) is 31.7 Å². The standard InChI is InChI=1S/C23H17N3O3S3/c1-3-29-22(28)19-12(2)18-21(31-19)26-23(32-18)25-20(27)14-11-16(17-9-6-10-30-17)24-15-8-5-4-7-13(14)15/h4-11H,3H2,1-2H3,(H,25,26,27). The van der Waals surface area contributed by atoms with Crippen LogP contribution in [0.4, 0.5) is 5.13 Å². The Labute approximate surface area is 195 Å². The largest absolute Gasteiger partial charge is 0.462 e. The zero-order chi connectivity index (χ0) is 22.2. The third kappa shape index (κ3) is 3.68. The highest BCUT2D eigenvalue weighted by molar-refractivity contribution is 7.30. The van der Waals surface area contributed by atoms with Gasteiger partial charge >= 0.3 is 5.97 Å². The van der Waals surface area contributed by atoms with E-state index in [1.165, 1.54) is 22.7 Å². The van der Waals surface area contributed by atoms with Gasteiger partial charge in [0.2, 0.25) is 0 Å². The summed E-state index contributed by atoms with van der Waals surface area (Å²) in [5.74, 6) is -0.582. The number of pyridine rings is 1. The molecule has 0 spiro atoms. The number of hydrogen-bond acceptors (Lipinski definition) is 8. The smallest absolute Gasteiger partial charge is 0.348 e. The van der Waals surface area contributed by atoms with Gasteiger partial charge in [0.05, 0.1) is 33.0 Å². The first-order chi connectivity index (χ1) is 15.5. The number of esters is 1. The van der Waals surface area contributed by atoms with E-state index >= 15 is 0 Å². The SMILES string of the molecule is CCOC(=O)c1sc2nc(NC(=O)c3cc(-c4cccs4)nc4ccccc34)sc2c1C. The third-order valence-electron chi connectivity index (χ3n) is 4.89. The van der Waals surface area contributed by atoms with Crippen LogP contribution in [0.3, 0.4) is 0 Å². The normalized spacial score (nSPS) is 11.2. The summed E-state index contributed by atoms with van der Waals surface area (Å²) in [6.45, 7) is 3.98. The second-order valence-corrected chi connectivity index (χ2v) is 9.88. The number of ether oxygens (including phenoxy) is 1. The van der Waals surface area contributed by atoms with Crippen LogP contribution in [0.15, 0.2) is 47.8 Å². The van der Waals surface area contributed by atoms with Crippen LogP contribution in [-0.2, 0) is 4.74 Å². The van der Waals surface area contributed by atoms with Crippen molar-refractivity contribution in [1.82, 2.24) is 9.97 Å². The molecule has 0 atom stereocenters. The van der Waals surface area contributed by atoms with Crippen molar-refractivity contribution in [3.8, 4) is 10.6 Å². The number of para-hydroxylation sites is 1. The van der Waals surface area contributed by atoms with Gasteiger partial charge in [0.25, 0.3) is 5.91 Å². The fourth-order valence-electron chi connectivity index (χ4n) is 3.41. The van der Waals surface area contributed by atoms with Gasteiger partial charge in [-0.2, -0.15) is 0 Å². The highest BCUT2D eigenvalue weighted by Crippen LogP contribution is 2.37. The van der Waals surface area contributed by atoms with Gasteiger partial charge < -0.3 is 4.74 Å². The predicted molar refractivity (Wildman–Crippen MR) is 131 cm³/mol. The lowest BCUT2D eigenvalue weighted by atomic mass is 10.1. The van der Waals surface area contributed by atoms with E-state index < -0.39 is 0 Å². The Balaban J connectivity index is 1.50. The first-order valence-corrected chi connectivity index (χ1v) is 12.4. The second-order valence-electron chi connectivity index (χ2n) is 6.93. The van der Waals surface area contributed by atoms with E-state index in [0.29, 0.717) is 27.0 Å². The molecule has 9 heteroatoms. The minimum Gasteiger partial charge on any atom is -0.462 e. The molecule has 160 valence electrons. The maximum Gasteiger partial charge on any atom is 0.348 e. The summed E-state index contributed by atoms with van der Waals surface area (Å²) < 4.78 is 6.00. The molecule has 1 aromatic carbocycles. The molecule has 5 rings (SSSR count). The molecule has 5 aromatic rings. The van der Waals surface area contributed by atoms with E-state index in [1.54, 1.807) is 18.3 Å². The van der Waals surface area contributed by atoms with Crippen molar-refractivity contribution in [3.05, 3.63) is 63.8 Å². The summed E-state index contributed by atoms with van der Waals surface area (Å²) in [6.07, 6.45) is 0. The number of hydrogen-bond donors (Lipinski definition) is 1. The molecule has 4 heterocycles. The number of aromatic nitrogens is 2. The van der Waals surface area contributed by atoms with Gasteiger partial charge in [-0.15, -0.1) is 22.7 Å². The number of nitrogens with zero attached hydrogens (tertiary/aromatic N) is 2. The van der Waals surface area contributed by atoms with Crippen molar-refractivity contribution in [2.75, 3.05) is 11.9 Å². The van der Waals surface area contributed by atoms with E-state index in [9.17, 15) is 9.59 Å². The summed E-state index contributed by atoms with van der Waals surface area (Å²) >= 11 is 4.22. The zero-order valence-electron chi connectivity index (χ0n) is 17.2. The molecule has 0 bridgehead atoms. The van der Waals surface area contributed by atoms with Gasteiger partial charge in [-0.1, -0.05) is 35.6 Å². The average molecular weight is 480 g/mol. The molecule has 0 unspecified atom stereocenters. The van der Waals surface area contributed by atoms with Crippen LogP contribution in [0.2, 0.25) is 0 Å². The van der Waals surface area contributed by atoms with Gasteiger partial charge in [-0.05, 0) is 43.0 Å². The Morgan fingerprint density at radius 1 is 1.09 bits per heavy atom. The molecule has 0 aliphatic carbocycles. The maximum atomic E-state index is 13.3. The van der Waals surface area contributed by atoms with Gasteiger partial charge in [0.15, 0.2) is 5.13 Å². The molecule has 4 aromatic heterocycles. The highest BCUT2D eigenvalue weighted by atomic mass is 32.1. The maximum absolute atomic E-state index is 13.3. The van der Waals surface area contributed by atoms with Gasteiger partial charge in [-0.3, -0.25) is 10.1 Å². The number of thiazole rings is 1. The molecule has 0 aliphatic heterocycles. The number of aryl methyl sites for hydroxylation is 1. The van der Waals surface area contributed by atoms with Gasteiger partial charge in [0, 0.05) is 5.39 Å². The number of nitrogens with one attached hydrogen (secondary N) is 1. The summed E-state index contributed by atoms with van der Waals surface area (Å²) in [4.78, 5) is 36.9. The minimum atomic E-state index is -0.338. The van der Waals surface area contributed by atoms with E-state index in [4.69, 9.17) is 9.72 Å². The van der Waals surface area contributed by atoms with Crippen molar-refractivity contribution in [3.63, 3.8) is 0 Å². The van der Waals surface area contributed by atoms with Crippen LogP contribution < -0.4 is 5.32 Å². The zero-order valence-corrected chi connectivity index (χ0v) is 19.6. The number of amides is 1. The van der Waals surface area contributed by atoms with E-state index in [2.05, 4.69) is 10.3 Å². The Bertz CT molecular complexity index is 1470.